The molecule has 0 N–H and O–H groups in total. The second kappa shape index (κ2) is 32.5. The molecule has 4 heterocycles. The lowest BCUT2D eigenvalue weighted by Crippen LogP contribution is -2.02. The fraction of sp³-hybridized carbons (Fsp3) is 0. The summed E-state index contributed by atoms with van der Waals surface area (Å²) in [6.07, 6.45) is 0. The average Bonchev–Trinajstić information content (AvgIpc) is 1.57. The number of nitriles is 12. The van der Waals surface area contributed by atoms with Crippen LogP contribution in [0.5, 0.6) is 0 Å². The summed E-state index contributed by atoms with van der Waals surface area (Å²) >= 11 is 0. The van der Waals surface area contributed by atoms with E-state index in [1.54, 1.807) is 0 Å². The van der Waals surface area contributed by atoms with E-state index in [-0.39, 0.29) is 66.8 Å². The van der Waals surface area contributed by atoms with Gasteiger partial charge in [-0.1, -0.05) is 164 Å². The molecule has 0 amide bonds. The molecule has 20 heteroatoms. The smallest absolute Gasteiger partial charge is 0.164 e. The molecule has 0 bridgehead atoms. The lowest BCUT2D eigenvalue weighted by molar-refractivity contribution is 1.07. The second-order valence-corrected chi connectivity index (χ2v) is 29.9. The van der Waals surface area contributed by atoms with Gasteiger partial charge in [-0.2, -0.15) is 63.1 Å². The van der Waals surface area contributed by atoms with E-state index in [2.05, 4.69) is 100 Å². The number of aromatic nitrogens is 8. The van der Waals surface area contributed by atoms with Crippen LogP contribution in [0.3, 0.4) is 0 Å². The Morgan fingerprint density at radius 3 is 0.586 bits per heavy atom. The molecule has 0 atom stereocenters. The quantitative estimate of drug-likeness (QED) is 0.0975. The number of fused-ring (bicyclic) bond motifs is 6. The maximum absolute atomic E-state index is 10.8. The molecule has 4 aromatic heterocycles. The molecule has 15 aromatic carbocycles. The van der Waals surface area contributed by atoms with E-state index in [1.165, 1.54) is 48.5 Å². The lowest BCUT2D eigenvalue weighted by atomic mass is 9.91. The maximum atomic E-state index is 10.8. The summed E-state index contributed by atoms with van der Waals surface area (Å²) < 4.78 is 4.16. The van der Waals surface area contributed by atoms with Gasteiger partial charge >= 0.3 is 0 Å². The zero-order chi connectivity index (χ0) is 87.8. The SMILES string of the molecule is N#Cc1cc(C#N)c(-c2ccc3c(c2)c2cc(-c4c(C#N)cc(C#N)cc4C#N)ccc2n3-c2cc(-c3cccc(-c4cc(-c5nc(-c6ccccc6)nc(-c6ccccc6)n5)cc(-n5c6ccc(-c7c(C#N)cc(C#N)cc7C#N)cc6c6cc(-c7c(C#N)cc(C#N)cc7C#N)ccc65)c4)c3)cc(-c3nc(-c4ccccc4)nc(-c4ccccc4)n3)c2)c(C#N)c1. The van der Waals surface area contributed by atoms with Gasteiger partial charge in [-0.3, -0.25) is 0 Å². The van der Waals surface area contributed by atoms with E-state index < -0.39 is 0 Å². The number of benzene rings is 15. The van der Waals surface area contributed by atoms with Crippen LogP contribution < -0.4 is 0 Å². The summed E-state index contributed by atoms with van der Waals surface area (Å²) in [7, 11) is 0. The summed E-state index contributed by atoms with van der Waals surface area (Å²) in [6.45, 7) is 0. The monoisotopic (exact) mass is 1630 g/mol. The zero-order valence-electron chi connectivity index (χ0n) is 66.8. The van der Waals surface area contributed by atoms with Crippen LogP contribution in [0, 0.1) is 136 Å². The molecule has 582 valence electrons. The molecule has 19 aromatic rings. The first-order chi connectivity index (χ1) is 62.8. The molecule has 19 rings (SSSR count). The highest BCUT2D eigenvalue weighted by Gasteiger charge is 2.27. The van der Waals surface area contributed by atoms with E-state index in [4.69, 9.17) is 29.9 Å². The van der Waals surface area contributed by atoms with Gasteiger partial charge in [0.1, 0.15) is 0 Å². The normalized spacial score (nSPS) is 10.7. The molecular weight excluding hydrogens is 1580 g/mol. The van der Waals surface area contributed by atoms with Gasteiger partial charge in [0, 0.05) is 88.6 Å². The molecule has 20 nitrogen and oxygen atoms in total. The molecule has 0 aliphatic carbocycles. The van der Waals surface area contributed by atoms with E-state index in [9.17, 15) is 63.1 Å². The van der Waals surface area contributed by atoms with Gasteiger partial charge in [-0.05, 0) is 184 Å². The fourth-order valence-corrected chi connectivity index (χ4v) is 16.8. The molecule has 128 heavy (non-hydrogen) atoms. The van der Waals surface area contributed by atoms with E-state index >= 15 is 0 Å². The predicted molar refractivity (Wildman–Crippen MR) is 484 cm³/mol. The highest BCUT2D eigenvalue weighted by Crippen LogP contribution is 2.46. The van der Waals surface area contributed by atoms with Gasteiger partial charge in [-0.15, -0.1) is 0 Å². The van der Waals surface area contributed by atoms with Gasteiger partial charge in [0.15, 0.2) is 34.9 Å². The third-order valence-corrected chi connectivity index (χ3v) is 22.5. The standard InChI is InChI=1S/C108H50N20/c109-51-63-32-81(55-113)99(82(33-63)56-114)73-24-28-95-91(47-73)92-48-74(100-83(57-115)34-64(52-110)35-84(100)58-116)25-29-96(92)127(95)89-43-77(41-79(45-89)107-123-103(67-14-5-1-6-15-67)121-104(124-107)68-16-7-2-8-17-68)71-22-13-23-72(40-71)78-42-80(108-125-105(69-18-9-3-10-19-69)122-106(126-108)70-20-11-4-12-21-70)46-90(44-78)128-97-30-26-75(101-85(59-117)36-65(53-111)37-86(101)60-118)49-93(97)94-50-76(27-31-98(94)128)102-87(61-119)38-66(54-112)39-88(102)62-120/h1-50H. The number of hydrogen-bond donors (Lipinski definition) is 0. The minimum absolute atomic E-state index is 0.100. The van der Waals surface area contributed by atoms with Crippen molar-refractivity contribution >= 4 is 43.6 Å². The summed E-state index contributed by atoms with van der Waals surface area (Å²) in [4.78, 5) is 31.4. The molecule has 0 spiro atoms. The van der Waals surface area contributed by atoms with E-state index in [0.29, 0.717) is 168 Å². The molecule has 0 saturated heterocycles. The van der Waals surface area contributed by atoms with Gasteiger partial charge in [0.2, 0.25) is 0 Å². The third kappa shape index (κ3) is 13.8. The summed E-state index contributed by atoms with van der Waals surface area (Å²) in [5, 5.41) is 129. The molecule has 0 aliphatic heterocycles. The molecule has 0 radical (unpaired) electrons. The van der Waals surface area contributed by atoms with Crippen molar-refractivity contribution in [3.05, 3.63) is 370 Å². The molecule has 0 fully saturated rings. The highest BCUT2D eigenvalue weighted by atomic mass is 15.1. The van der Waals surface area contributed by atoms with Gasteiger partial charge in [0.25, 0.3) is 0 Å². The Hall–Kier alpha value is -20.2. The molecule has 0 unspecified atom stereocenters. The van der Waals surface area contributed by atoms with Crippen molar-refractivity contribution in [1.29, 1.82) is 63.1 Å². The Kier molecular flexibility index (Phi) is 19.7. The minimum Gasteiger partial charge on any atom is -0.309 e. The van der Waals surface area contributed by atoms with Crippen molar-refractivity contribution in [2.45, 2.75) is 0 Å². The van der Waals surface area contributed by atoms with Crippen molar-refractivity contribution in [2.75, 3.05) is 0 Å². The van der Waals surface area contributed by atoms with Crippen LogP contribution in [-0.2, 0) is 0 Å². The number of rotatable bonds is 14. The van der Waals surface area contributed by atoms with Gasteiger partial charge in [-0.25, -0.2) is 29.9 Å². The Balaban J connectivity index is 0.883. The fourth-order valence-electron chi connectivity index (χ4n) is 16.8. The Labute approximate surface area is 730 Å². The zero-order valence-corrected chi connectivity index (χ0v) is 66.8. The van der Waals surface area contributed by atoms with Crippen LogP contribution in [0.25, 0.3) is 190 Å². The molecule has 0 aliphatic rings. The Morgan fingerprint density at radius 2 is 0.367 bits per heavy atom. The number of hydrogen-bond acceptors (Lipinski definition) is 18. The topological polar surface area (TPSA) is 373 Å². The maximum Gasteiger partial charge on any atom is 0.164 e. The van der Waals surface area contributed by atoms with Crippen molar-refractivity contribution in [3.8, 4) is 219 Å². The molecular formula is C108H50N20. The summed E-state index contributed by atoms with van der Waals surface area (Å²) in [5.74, 6) is 2.23. The van der Waals surface area contributed by atoms with E-state index in [0.717, 1.165) is 22.3 Å². The van der Waals surface area contributed by atoms with Crippen LogP contribution in [0.1, 0.15) is 66.8 Å². The van der Waals surface area contributed by atoms with Crippen LogP contribution in [0.15, 0.2) is 303 Å². The highest BCUT2D eigenvalue weighted by molar-refractivity contribution is 6.14. The summed E-state index contributed by atoms with van der Waals surface area (Å²) in [5.41, 5.74) is 15.1. The third-order valence-electron chi connectivity index (χ3n) is 22.5. The Bertz CT molecular complexity index is 7540. The first-order valence-corrected chi connectivity index (χ1v) is 39.7. The first kappa shape index (κ1) is 77.7. The van der Waals surface area contributed by atoms with Crippen molar-refractivity contribution in [3.63, 3.8) is 0 Å². The van der Waals surface area contributed by atoms with Gasteiger partial charge in [0.05, 0.1) is 162 Å². The van der Waals surface area contributed by atoms with Gasteiger partial charge < -0.3 is 9.13 Å². The Morgan fingerprint density at radius 1 is 0.164 bits per heavy atom. The van der Waals surface area contributed by atoms with Crippen LogP contribution in [0.2, 0.25) is 0 Å². The first-order valence-electron chi connectivity index (χ1n) is 39.7. The second-order valence-electron chi connectivity index (χ2n) is 29.9. The van der Waals surface area contributed by atoms with Crippen molar-refractivity contribution < 1.29 is 0 Å². The van der Waals surface area contributed by atoms with Crippen molar-refractivity contribution in [2.24, 2.45) is 0 Å². The largest absolute Gasteiger partial charge is 0.309 e. The molecule has 0 saturated carbocycles. The predicted octanol–water partition coefficient (Wildman–Crippen LogP) is 22.7. The van der Waals surface area contributed by atoms with Crippen LogP contribution >= 0.6 is 0 Å². The van der Waals surface area contributed by atoms with Crippen molar-refractivity contribution in [1.82, 2.24) is 39.0 Å². The average molecular weight is 1630 g/mol. The van der Waals surface area contributed by atoms with E-state index in [1.807, 2.05) is 237 Å². The minimum atomic E-state index is 0.100. The number of nitrogens with zero attached hydrogens (tertiary/aromatic N) is 20. The lowest BCUT2D eigenvalue weighted by Gasteiger charge is -2.16. The summed E-state index contributed by atoms with van der Waals surface area (Å²) in [6, 6.07) is 119. The van der Waals surface area contributed by atoms with Crippen LogP contribution in [0.4, 0.5) is 0 Å². The van der Waals surface area contributed by atoms with Crippen LogP contribution in [-0.4, -0.2) is 39.0 Å².